The number of amides is 1. The topological polar surface area (TPSA) is 68.5 Å². The molecule has 1 amide bonds. The lowest BCUT2D eigenvalue weighted by atomic mass is 9.95. The summed E-state index contributed by atoms with van der Waals surface area (Å²) in [6.45, 7) is 4.29. The molecule has 1 aliphatic heterocycles. The molecule has 4 rings (SSSR count). The number of hydrogen-bond donors (Lipinski definition) is 1. The number of nitrogens with one attached hydrogen (secondary N) is 1. The summed E-state index contributed by atoms with van der Waals surface area (Å²) >= 11 is 6.26. The second kappa shape index (κ2) is 7.72. The van der Waals surface area contributed by atoms with Gasteiger partial charge in [-0.3, -0.25) is 4.79 Å². The molecule has 0 bridgehead atoms. The average Bonchev–Trinajstić information content (AvgIpc) is 3.30. The Morgan fingerprint density at radius 1 is 1.24 bits per heavy atom. The minimum absolute atomic E-state index is 0.252. The molecule has 0 fully saturated rings. The van der Waals surface area contributed by atoms with E-state index < -0.39 is 5.60 Å². The number of para-hydroxylation sites is 1. The predicted molar refractivity (Wildman–Crippen MR) is 113 cm³/mol. The molecule has 0 saturated carbocycles. The van der Waals surface area contributed by atoms with Crippen LogP contribution in [0.2, 0.25) is 5.02 Å². The molecule has 29 heavy (non-hydrogen) atoms. The Labute approximate surface area is 174 Å². The number of rotatable bonds is 5. The van der Waals surface area contributed by atoms with Crippen LogP contribution in [0.4, 0.5) is 5.69 Å². The number of anilines is 1. The van der Waals surface area contributed by atoms with Gasteiger partial charge in [-0.2, -0.15) is 0 Å². The second-order valence-electron chi connectivity index (χ2n) is 7.23. The SMILES string of the molecule is Cc1nccn1Cc1ccccc1NC(=O)[C@]1(C)CC(c2ccccc2Cl)=NO1. The Kier molecular flexibility index (Phi) is 5.11. The molecule has 2 heterocycles. The third kappa shape index (κ3) is 3.89. The van der Waals surface area contributed by atoms with Gasteiger partial charge in [0.1, 0.15) is 5.82 Å². The fourth-order valence-corrected chi connectivity index (χ4v) is 3.54. The lowest BCUT2D eigenvalue weighted by Gasteiger charge is -2.21. The normalized spacial score (nSPS) is 18.2. The van der Waals surface area contributed by atoms with Gasteiger partial charge in [0.15, 0.2) is 0 Å². The van der Waals surface area contributed by atoms with E-state index in [4.69, 9.17) is 16.4 Å². The largest absolute Gasteiger partial charge is 0.379 e. The van der Waals surface area contributed by atoms with Crippen molar-refractivity contribution in [2.24, 2.45) is 5.16 Å². The minimum atomic E-state index is -1.10. The Morgan fingerprint density at radius 3 is 2.76 bits per heavy atom. The van der Waals surface area contributed by atoms with Crippen molar-refractivity contribution in [2.45, 2.75) is 32.4 Å². The van der Waals surface area contributed by atoms with Crippen molar-refractivity contribution in [3.05, 3.63) is 82.9 Å². The number of hydrogen-bond acceptors (Lipinski definition) is 4. The van der Waals surface area contributed by atoms with Crippen LogP contribution < -0.4 is 5.32 Å². The summed E-state index contributed by atoms with van der Waals surface area (Å²) in [5.41, 5.74) is 2.06. The lowest BCUT2D eigenvalue weighted by Crippen LogP contribution is -2.40. The molecule has 0 aliphatic carbocycles. The van der Waals surface area contributed by atoms with E-state index in [-0.39, 0.29) is 5.91 Å². The number of halogens is 1. The molecule has 1 aliphatic rings. The van der Waals surface area contributed by atoms with Gasteiger partial charge in [-0.05, 0) is 31.5 Å². The van der Waals surface area contributed by atoms with E-state index in [9.17, 15) is 4.79 Å². The summed E-state index contributed by atoms with van der Waals surface area (Å²) in [6.07, 6.45) is 4.02. The average molecular weight is 409 g/mol. The molecule has 0 spiro atoms. The molecule has 6 nitrogen and oxygen atoms in total. The minimum Gasteiger partial charge on any atom is -0.379 e. The standard InChI is InChI=1S/C22H21ClN4O2/c1-15-24-11-12-27(15)14-16-7-3-6-10-19(16)25-21(28)22(2)13-20(26-29-22)17-8-4-5-9-18(17)23/h3-12H,13-14H2,1-2H3,(H,25,28)/t22-/m0/s1. The highest BCUT2D eigenvalue weighted by Crippen LogP contribution is 2.31. The fraction of sp³-hybridized carbons (Fsp3) is 0.227. The van der Waals surface area contributed by atoms with Crippen LogP contribution in [0.15, 0.2) is 66.1 Å². The summed E-state index contributed by atoms with van der Waals surface area (Å²) in [7, 11) is 0. The molecule has 0 radical (unpaired) electrons. The summed E-state index contributed by atoms with van der Waals surface area (Å²) in [4.78, 5) is 22.9. The van der Waals surface area contributed by atoms with Crippen molar-refractivity contribution in [3.8, 4) is 0 Å². The number of aryl methyl sites for hydroxylation is 1. The van der Waals surface area contributed by atoms with Gasteiger partial charge in [0.05, 0.1) is 12.3 Å². The van der Waals surface area contributed by atoms with Gasteiger partial charge in [-0.1, -0.05) is 53.2 Å². The van der Waals surface area contributed by atoms with Crippen LogP contribution in [0, 0.1) is 6.92 Å². The Balaban J connectivity index is 1.51. The molecule has 148 valence electrons. The monoisotopic (exact) mass is 408 g/mol. The highest BCUT2D eigenvalue weighted by molar-refractivity contribution is 6.34. The van der Waals surface area contributed by atoms with Crippen molar-refractivity contribution < 1.29 is 9.63 Å². The first-order valence-corrected chi connectivity index (χ1v) is 9.71. The molecular weight excluding hydrogens is 388 g/mol. The third-order valence-corrected chi connectivity index (χ3v) is 5.39. The number of oxime groups is 1. The number of aromatic nitrogens is 2. The van der Waals surface area contributed by atoms with Crippen LogP contribution in [0.5, 0.6) is 0 Å². The van der Waals surface area contributed by atoms with Crippen LogP contribution in [-0.4, -0.2) is 26.8 Å². The van der Waals surface area contributed by atoms with E-state index in [1.165, 1.54) is 0 Å². The Hall–Kier alpha value is -3.12. The predicted octanol–water partition coefficient (Wildman–Crippen LogP) is 4.42. The first kappa shape index (κ1) is 19.2. The van der Waals surface area contributed by atoms with Crippen LogP contribution in [0.3, 0.4) is 0 Å². The van der Waals surface area contributed by atoms with Gasteiger partial charge in [0, 0.05) is 35.1 Å². The zero-order chi connectivity index (χ0) is 20.4. The van der Waals surface area contributed by atoms with Gasteiger partial charge in [0.2, 0.25) is 5.60 Å². The molecule has 7 heteroatoms. The van der Waals surface area contributed by atoms with Gasteiger partial charge < -0.3 is 14.7 Å². The van der Waals surface area contributed by atoms with E-state index in [2.05, 4.69) is 15.5 Å². The maximum Gasteiger partial charge on any atom is 0.271 e. The van der Waals surface area contributed by atoms with Gasteiger partial charge in [-0.15, -0.1) is 0 Å². The summed E-state index contributed by atoms with van der Waals surface area (Å²) < 4.78 is 2.03. The second-order valence-corrected chi connectivity index (χ2v) is 7.64. The third-order valence-electron chi connectivity index (χ3n) is 5.06. The number of nitrogens with zero attached hydrogens (tertiary/aromatic N) is 3. The van der Waals surface area contributed by atoms with Gasteiger partial charge in [-0.25, -0.2) is 4.98 Å². The van der Waals surface area contributed by atoms with Crippen LogP contribution in [0.25, 0.3) is 0 Å². The number of imidazole rings is 1. The van der Waals surface area contributed by atoms with E-state index in [1.54, 1.807) is 19.2 Å². The Bertz CT molecular complexity index is 1090. The van der Waals surface area contributed by atoms with Gasteiger partial charge >= 0.3 is 0 Å². The number of carbonyl (C=O) groups is 1. The maximum absolute atomic E-state index is 13.1. The van der Waals surface area contributed by atoms with Crippen molar-refractivity contribution in [3.63, 3.8) is 0 Å². The zero-order valence-corrected chi connectivity index (χ0v) is 17.0. The highest BCUT2D eigenvalue weighted by atomic mass is 35.5. The van der Waals surface area contributed by atoms with E-state index >= 15 is 0 Å². The maximum atomic E-state index is 13.1. The first-order chi connectivity index (χ1) is 14.0. The van der Waals surface area contributed by atoms with E-state index in [0.717, 1.165) is 22.6 Å². The molecule has 2 aromatic carbocycles. The lowest BCUT2D eigenvalue weighted by molar-refractivity contribution is -0.135. The van der Waals surface area contributed by atoms with Crippen molar-refractivity contribution in [1.82, 2.24) is 9.55 Å². The van der Waals surface area contributed by atoms with Crippen LogP contribution in [0.1, 0.15) is 30.3 Å². The first-order valence-electron chi connectivity index (χ1n) is 9.33. The summed E-state index contributed by atoms with van der Waals surface area (Å²) in [5, 5.41) is 7.73. The van der Waals surface area contributed by atoms with E-state index in [1.807, 2.05) is 60.2 Å². The smallest absolute Gasteiger partial charge is 0.271 e. The molecule has 1 aromatic heterocycles. The molecule has 1 atom stereocenters. The molecule has 0 unspecified atom stereocenters. The van der Waals surface area contributed by atoms with E-state index in [0.29, 0.717) is 23.7 Å². The van der Waals surface area contributed by atoms with Gasteiger partial charge in [0.25, 0.3) is 5.91 Å². The quantitative estimate of drug-likeness (QED) is 0.679. The molecule has 3 aromatic rings. The van der Waals surface area contributed by atoms with Crippen LogP contribution in [-0.2, 0) is 16.2 Å². The van der Waals surface area contributed by atoms with Crippen molar-refractivity contribution in [2.75, 3.05) is 5.32 Å². The summed E-state index contributed by atoms with van der Waals surface area (Å²) in [6, 6.07) is 15.1. The fourth-order valence-electron chi connectivity index (χ4n) is 3.29. The molecular formula is C22H21ClN4O2. The zero-order valence-electron chi connectivity index (χ0n) is 16.2. The summed E-state index contributed by atoms with van der Waals surface area (Å²) in [5.74, 6) is 0.660. The molecule has 0 saturated heterocycles. The van der Waals surface area contributed by atoms with Crippen molar-refractivity contribution in [1.29, 1.82) is 0 Å². The van der Waals surface area contributed by atoms with Crippen LogP contribution >= 0.6 is 11.6 Å². The Morgan fingerprint density at radius 2 is 2.00 bits per heavy atom. The van der Waals surface area contributed by atoms with Crippen molar-refractivity contribution >= 4 is 28.9 Å². The number of benzene rings is 2. The molecule has 1 N–H and O–H groups in total. The highest BCUT2D eigenvalue weighted by Gasteiger charge is 2.42. The number of carbonyl (C=O) groups excluding carboxylic acids is 1.